The van der Waals surface area contributed by atoms with Gasteiger partial charge in [0.05, 0.1) is 11.8 Å². The zero-order valence-corrected chi connectivity index (χ0v) is 22.5. The van der Waals surface area contributed by atoms with Crippen molar-refractivity contribution in [3.05, 3.63) is 0 Å². The van der Waals surface area contributed by atoms with E-state index in [9.17, 15) is 0 Å². The number of rotatable bonds is 10. The van der Waals surface area contributed by atoms with Crippen LogP contribution in [0.15, 0.2) is 5.16 Å². The van der Waals surface area contributed by atoms with Crippen LogP contribution in [0.2, 0.25) is 0 Å². The van der Waals surface area contributed by atoms with Crippen molar-refractivity contribution in [2.24, 2.45) is 28.8 Å². The minimum atomic E-state index is -0.555. The first kappa shape index (κ1) is 28.5. The fraction of sp³-hybridized carbons (Fsp3) is 0.960. The van der Waals surface area contributed by atoms with Gasteiger partial charge in [0.2, 0.25) is 0 Å². The standard InChI is InChI=1S/C25H47NO7/c1-12-17-15(3)20(32-22(27-7)24(17,5)29-9)14-19(26-31-11)21-16(4)18(13-2)25(6,30-10)23(28-8)33-21/h15-18,20-23H,12-14H2,1-11H3/b26-19-/t15-,16-,17+,18+,20-,21+,22+,23+,24-,25-/m1/s1. The van der Waals surface area contributed by atoms with Crippen molar-refractivity contribution in [1.29, 1.82) is 0 Å². The van der Waals surface area contributed by atoms with Gasteiger partial charge < -0.3 is 33.3 Å². The summed E-state index contributed by atoms with van der Waals surface area (Å²) in [6.45, 7) is 12.9. The third kappa shape index (κ3) is 5.11. The van der Waals surface area contributed by atoms with E-state index in [0.29, 0.717) is 6.42 Å². The summed E-state index contributed by atoms with van der Waals surface area (Å²) < 4.78 is 36.3. The topological polar surface area (TPSA) is 77.0 Å². The second-order valence-electron chi connectivity index (χ2n) is 9.86. The molecule has 0 amide bonds. The first-order valence-corrected chi connectivity index (χ1v) is 12.2. The second kappa shape index (κ2) is 11.8. The molecule has 2 aliphatic rings. The Hall–Kier alpha value is -0.770. The highest BCUT2D eigenvalue weighted by Crippen LogP contribution is 2.46. The predicted octanol–water partition coefficient (Wildman–Crippen LogP) is 4.26. The molecule has 10 atom stereocenters. The zero-order valence-electron chi connectivity index (χ0n) is 22.5. The van der Waals surface area contributed by atoms with Crippen LogP contribution in [0, 0.1) is 23.7 Å². The van der Waals surface area contributed by atoms with Crippen LogP contribution in [-0.4, -0.2) is 77.3 Å². The minimum absolute atomic E-state index is 0.121. The number of nitrogens with zero attached hydrogens (tertiary/aromatic N) is 1. The molecule has 0 unspecified atom stereocenters. The molecule has 2 heterocycles. The van der Waals surface area contributed by atoms with Gasteiger partial charge in [-0.15, -0.1) is 0 Å². The summed E-state index contributed by atoms with van der Waals surface area (Å²) in [5.41, 5.74) is -0.270. The molecular weight excluding hydrogens is 426 g/mol. The maximum atomic E-state index is 6.48. The molecule has 0 saturated carbocycles. The Labute approximate surface area is 200 Å². The lowest BCUT2D eigenvalue weighted by atomic mass is 9.69. The fourth-order valence-electron chi connectivity index (χ4n) is 6.45. The highest BCUT2D eigenvalue weighted by atomic mass is 16.7. The monoisotopic (exact) mass is 473 g/mol. The summed E-state index contributed by atoms with van der Waals surface area (Å²) in [7, 11) is 8.33. The van der Waals surface area contributed by atoms with E-state index in [1.165, 1.54) is 0 Å². The molecular formula is C25H47NO7. The molecule has 0 aromatic rings. The molecule has 0 N–H and O–H groups in total. The van der Waals surface area contributed by atoms with Crippen LogP contribution >= 0.6 is 0 Å². The van der Waals surface area contributed by atoms with Gasteiger partial charge in [0.1, 0.15) is 24.4 Å². The summed E-state index contributed by atoms with van der Waals surface area (Å²) in [6, 6.07) is 0. The summed E-state index contributed by atoms with van der Waals surface area (Å²) >= 11 is 0. The number of oxime groups is 1. The minimum Gasteiger partial charge on any atom is -0.399 e. The highest BCUT2D eigenvalue weighted by molar-refractivity contribution is 5.89. The quantitative estimate of drug-likeness (QED) is 0.347. The smallest absolute Gasteiger partial charge is 0.187 e. The number of hydrogen-bond donors (Lipinski definition) is 0. The third-order valence-corrected chi connectivity index (χ3v) is 8.45. The maximum Gasteiger partial charge on any atom is 0.187 e. The lowest BCUT2D eigenvalue weighted by Crippen LogP contribution is -2.62. The lowest BCUT2D eigenvalue weighted by Gasteiger charge is -2.53. The summed E-state index contributed by atoms with van der Waals surface area (Å²) in [6.07, 6.45) is 1.05. The van der Waals surface area contributed by atoms with Gasteiger partial charge in [-0.3, -0.25) is 0 Å². The van der Waals surface area contributed by atoms with E-state index >= 15 is 0 Å². The highest BCUT2D eigenvalue weighted by Gasteiger charge is 2.55. The largest absolute Gasteiger partial charge is 0.399 e. The number of hydrogen-bond acceptors (Lipinski definition) is 8. The van der Waals surface area contributed by atoms with Crippen molar-refractivity contribution >= 4 is 5.71 Å². The molecule has 2 fully saturated rings. The molecule has 0 bridgehead atoms. The van der Waals surface area contributed by atoms with E-state index in [1.807, 2.05) is 0 Å². The Morgan fingerprint density at radius 1 is 0.788 bits per heavy atom. The van der Waals surface area contributed by atoms with Gasteiger partial charge in [-0.25, -0.2) is 0 Å². The van der Waals surface area contributed by atoms with Crippen molar-refractivity contribution in [1.82, 2.24) is 0 Å². The summed E-state index contributed by atoms with van der Waals surface area (Å²) in [5, 5.41) is 4.44. The van der Waals surface area contributed by atoms with Crippen LogP contribution in [0.1, 0.15) is 60.8 Å². The normalized spacial score (nSPS) is 44.6. The molecule has 0 radical (unpaired) electrons. The van der Waals surface area contributed by atoms with Gasteiger partial charge in [-0.1, -0.05) is 45.7 Å². The molecule has 0 aliphatic carbocycles. The molecule has 0 spiro atoms. The van der Waals surface area contributed by atoms with Gasteiger partial charge in [-0.05, 0) is 37.5 Å². The van der Waals surface area contributed by atoms with Crippen molar-refractivity contribution in [2.75, 3.05) is 35.5 Å². The van der Waals surface area contributed by atoms with E-state index in [-0.39, 0.29) is 35.9 Å². The molecule has 2 saturated heterocycles. The SMILES string of the molecule is CC[C@H]1[C@@H](C)[C@@H](/C(C[C@H]2O[C@H](OC)[C@](C)(OC)[C@@H](CC)[C@H]2C)=N\OC)O[C@H](OC)[C@]1(C)OC. The van der Waals surface area contributed by atoms with Crippen LogP contribution in [0.3, 0.4) is 0 Å². The number of ether oxygens (including phenoxy) is 6. The van der Waals surface area contributed by atoms with E-state index in [4.69, 9.17) is 33.3 Å². The molecule has 33 heavy (non-hydrogen) atoms. The van der Waals surface area contributed by atoms with Gasteiger partial charge in [0, 0.05) is 34.9 Å². The van der Waals surface area contributed by atoms with Crippen molar-refractivity contribution in [3.8, 4) is 0 Å². The molecule has 2 rings (SSSR count). The molecule has 0 aromatic heterocycles. The van der Waals surface area contributed by atoms with E-state index in [2.05, 4.69) is 46.7 Å². The average Bonchev–Trinajstić information content (AvgIpc) is 2.81. The van der Waals surface area contributed by atoms with Crippen LogP contribution < -0.4 is 0 Å². The summed E-state index contributed by atoms with van der Waals surface area (Å²) in [5.74, 6) is 0.830. The van der Waals surface area contributed by atoms with Crippen LogP contribution in [0.25, 0.3) is 0 Å². The van der Waals surface area contributed by atoms with Crippen molar-refractivity contribution in [3.63, 3.8) is 0 Å². The Bertz CT molecular complexity index is 646. The first-order valence-electron chi connectivity index (χ1n) is 12.2. The Balaban J connectivity index is 2.36. The molecule has 194 valence electrons. The molecule has 8 nitrogen and oxygen atoms in total. The molecule has 0 aromatic carbocycles. The lowest BCUT2D eigenvalue weighted by molar-refractivity contribution is -0.311. The Morgan fingerprint density at radius 3 is 1.70 bits per heavy atom. The maximum absolute atomic E-state index is 6.48. The van der Waals surface area contributed by atoms with Gasteiger partial charge in [0.25, 0.3) is 0 Å². The van der Waals surface area contributed by atoms with Crippen LogP contribution in [0.4, 0.5) is 0 Å². The average molecular weight is 474 g/mol. The first-order chi connectivity index (χ1) is 15.6. The summed E-state index contributed by atoms with van der Waals surface area (Å²) in [4.78, 5) is 5.29. The van der Waals surface area contributed by atoms with E-state index < -0.39 is 23.8 Å². The van der Waals surface area contributed by atoms with Crippen molar-refractivity contribution in [2.45, 2.75) is 96.8 Å². The number of methoxy groups -OCH3 is 4. The molecule has 8 heteroatoms. The second-order valence-corrected chi connectivity index (χ2v) is 9.86. The third-order valence-electron chi connectivity index (χ3n) is 8.45. The van der Waals surface area contributed by atoms with Gasteiger partial charge in [0.15, 0.2) is 12.6 Å². The Kier molecular flexibility index (Phi) is 10.2. The van der Waals surface area contributed by atoms with Crippen LogP contribution in [-0.2, 0) is 33.3 Å². The van der Waals surface area contributed by atoms with E-state index in [0.717, 1.165) is 18.6 Å². The van der Waals surface area contributed by atoms with Gasteiger partial charge >= 0.3 is 0 Å². The van der Waals surface area contributed by atoms with E-state index in [1.54, 1.807) is 35.5 Å². The molecule has 2 aliphatic heterocycles. The fourth-order valence-corrected chi connectivity index (χ4v) is 6.45. The van der Waals surface area contributed by atoms with Crippen LogP contribution in [0.5, 0.6) is 0 Å². The zero-order chi connectivity index (χ0) is 25.0. The van der Waals surface area contributed by atoms with Gasteiger partial charge in [-0.2, -0.15) is 0 Å². The predicted molar refractivity (Wildman–Crippen MR) is 127 cm³/mol. The van der Waals surface area contributed by atoms with Crippen molar-refractivity contribution < 1.29 is 33.3 Å². The Morgan fingerprint density at radius 2 is 1.27 bits per heavy atom.